The van der Waals surface area contributed by atoms with Gasteiger partial charge in [0.1, 0.15) is 19.3 Å². The van der Waals surface area contributed by atoms with Crippen molar-refractivity contribution in [3.63, 3.8) is 0 Å². The minimum Gasteiger partial charge on any atom is -0.462 e. The fraction of sp³-hybridized carbons (Fsp3) is 0.952. The molecule has 0 heterocycles. The maximum absolute atomic E-state index is 13.1. The fourth-order valence-electron chi connectivity index (χ4n) is 13.0. The summed E-state index contributed by atoms with van der Waals surface area (Å²) in [5.41, 5.74) is 0. The van der Waals surface area contributed by atoms with Crippen LogP contribution in [-0.2, 0) is 65.4 Å². The summed E-state index contributed by atoms with van der Waals surface area (Å²) in [6, 6.07) is 0. The minimum atomic E-state index is -4.96. The zero-order chi connectivity index (χ0) is 75.6. The Hall–Kier alpha value is -1.94. The number of ether oxygens (including phenoxy) is 4. The summed E-state index contributed by atoms with van der Waals surface area (Å²) in [6.07, 6.45) is 66.8. The lowest BCUT2D eigenvalue weighted by Gasteiger charge is -2.21. The van der Waals surface area contributed by atoms with E-state index in [1.807, 2.05) is 0 Å². The van der Waals surface area contributed by atoms with Gasteiger partial charge in [-0.25, -0.2) is 9.13 Å². The molecule has 0 rings (SSSR count). The molecular weight excluding hydrogens is 1340 g/mol. The predicted octanol–water partition coefficient (Wildman–Crippen LogP) is 25.5. The Bertz CT molecular complexity index is 1980. The van der Waals surface area contributed by atoms with Crippen LogP contribution in [0.2, 0.25) is 0 Å². The number of aliphatic hydroxyl groups excluding tert-OH is 1. The third-order valence-corrected chi connectivity index (χ3v) is 22.3. The van der Waals surface area contributed by atoms with E-state index >= 15 is 0 Å². The summed E-state index contributed by atoms with van der Waals surface area (Å²) in [5, 5.41) is 10.6. The van der Waals surface area contributed by atoms with Crippen molar-refractivity contribution in [3.8, 4) is 0 Å². The SMILES string of the molecule is CCCCCCCCCCCCCCCCCCCCCCCC(=O)OC[C@H](COP(=O)(O)OC[C@@H](O)COP(=O)(O)OC[C@@H](COC(=O)CCCCCCCCCC)OC(=O)CCCCCCCCCCC(C)CC)OC(=O)CCCCCCCCCCCCCCCCCCCCC(C)CC. The van der Waals surface area contributed by atoms with Gasteiger partial charge >= 0.3 is 39.5 Å². The summed E-state index contributed by atoms with van der Waals surface area (Å²) in [7, 11) is -9.92. The second kappa shape index (κ2) is 75.5. The molecule has 4 unspecified atom stereocenters. The molecule has 0 aromatic carbocycles. The van der Waals surface area contributed by atoms with Crippen molar-refractivity contribution in [2.24, 2.45) is 11.8 Å². The fourth-order valence-corrected chi connectivity index (χ4v) is 14.6. The zero-order valence-corrected chi connectivity index (χ0v) is 69.4. The topological polar surface area (TPSA) is 237 Å². The average molecular weight is 1510 g/mol. The van der Waals surface area contributed by atoms with Gasteiger partial charge in [0, 0.05) is 25.7 Å². The summed E-state index contributed by atoms with van der Waals surface area (Å²) >= 11 is 0. The molecule has 0 amide bonds. The molecule has 0 aliphatic rings. The van der Waals surface area contributed by atoms with Crippen molar-refractivity contribution < 1.29 is 80.2 Å². The van der Waals surface area contributed by atoms with Crippen LogP contribution in [0.3, 0.4) is 0 Å². The molecule has 103 heavy (non-hydrogen) atoms. The second-order valence-corrected chi connectivity index (χ2v) is 33.6. The summed E-state index contributed by atoms with van der Waals surface area (Å²) in [5.74, 6) is -0.470. The first kappa shape index (κ1) is 101. The number of esters is 4. The highest BCUT2D eigenvalue weighted by atomic mass is 31.2. The van der Waals surface area contributed by atoms with Crippen LogP contribution in [-0.4, -0.2) is 96.7 Å². The van der Waals surface area contributed by atoms with Gasteiger partial charge in [-0.3, -0.25) is 37.3 Å². The van der Waals surface area contributed by atoms with Gasteiger partial charge < -0.3 is 33.8 Å². The van der Waals surface area contributed by atoms with Crippen LogP contribution < -0.4 is 0 Å². The van der Waals surface area contributed by atoms with Crippen LogP contribution in [0.25, 0.3) is 0 Å². The minimum absolute atomic E-state index is 0.105. The van der Waals surface area contributed by atoms with E-state index in [-0.39, 0.29) is 25.7 Å². The van der Waals surface area contributed by atoms with E-state index in [1.54, 1.807) is 0 Å². The van der Waals surface area contributed by atoms with Crippen molar-refractivity contribution in [2.45, 2.75) is 464 Å². The molecule has 0 aromatic rings. The lowest BCUT2D eigenvalue weighted by Crippen LogP contribution is -2.30. The van der Waals surface area contributed by atoms with Crippen LogP contribution in [0, 0.1) is 11.8 Å². The number of carbonyl (C=O) groups excluding carboxylic acids is 4. The second-order valence-electron chi connectivity index (χ2n) is 30.7. The van der Waals surface area contributed by atoms with Gasteiger partial charge in [0.25, 0.3) is 0 Å². The lowest BCUT2D eigenvalue weighted by atomic mass is 9.99. The van der Waals surface area contributed by atoms with Gasteiger partial charge in [0.05, 0.1) is 26.4 Å². The molecular formula is C84H164O17P2. The first-order chi connectivity index (χ1) is 49.9. The molecule has 7 atom stereocenters. The van der Waals surface area contributed by atoms with E-state index in [2.05, 4.69) is 41.5 Å². The molecule has 612 valence electrons. The molecule has 3 N–H and O–H groups in total. The molecule has 0 saturated heterocycles. The Morgan fingerprint density at radius 1 is 0.272 bits per heavy atom. The summed E-state index contributed by atoms with van der Waals surface area (Å²) < 4.78 is 68.7. The summed E-state index contributed by atoms with van der Waals surface area (Å²) in [4.78, 5) is 73.0. The number of hydrogen-bond donors (Lipinski definition) is 3. The molecule has 19 heteroatoms. The van der Waals surface area contributed by atoms with E-state index in [9.17, 15) is 43.2 Å². The molecule has 0 fully saturated rings. The Balaban J connectivity index is 5.17. The smallest absolute Gasteiger partial charge is 0.462 e. The van der Waals surface area contributed by atoms with E-state index in [1.165, 1.54) is 257 Å². The molecule has 17 nitrogen and oxygen atoms in total. The van der Waals surface area contributed by atoms with Gasteiger partial charge in [-0.1, -0.05) is 395 Å². The first-order valence-corrected chi connectivity index (χ1v) is 46.6. The van der Waals surface area contributed by atoms with Gasteiger partial charge in [0.2, 0.25) is 0 Å². The quantitative estimate of drug-likeness (QED) is 0.0222. The van der Waals surface area contributed by atoms with Crippen molar-refractivity contribution in [1.82, 2.24) is 0 Å². The largest absolute Gasteiger partial charge is 0.472 e. The van der Waals surface area contributed by atoms with Gasteiger partial charge in [0.15, 0.2) is 12.2 Å². The maximum Gasteiger partial charge on any atom is 0.472 e. The number of rotatable bonds is 83. The van der Waals surface area contributed by atoms with Crippen LogP contribution in [0.4, 0.5) is 0 Å². The van der Waals surface area contributed by atoms with Gasteiger partial charge in [-0.15, -0.1) is 0 Å². The predicted molar refractivity (Wildman–Crippen MR) is 423 cm³/mol. The molecule has 0 aliphatic heterocycles. The number of hydrogen-bond acceptors (Lipinski definition) is 15. The van der Waals surface area contributed by atoms with E-state index < -0.39 is 97.5 Å². The normalized spacial score (nSPS) is 14.4. The Morgan fingerprint density at radius 3 is 0.689 bits per heavy atom. The lowest BCUT2D eigenvalue weighted by molar-refractivity contribution is -0.161. The average Bonchev–Trinajstić information content (AvgIpc) is 0.923. The zero-order valence-electron chi connectivity index (χ0n) is 67.6. The van der Waals surface area contributed by atoms with Crippen LogP contribution in [0.15, 0.2) is 0 Å². The van der Waals surface area contributed by atoms with Crippen molar-refractivity contribution in [2.75, 3.05) is 39.6 Å². The number of phosphoric acid groups is 2. The molecule has 0 spiro atoms. The Labute approximate surface area is 632 Å². The Morgan fingerprint density at radius 2 is 0.466 bits per heavy atom. The van der Waals surface area contributed by atoms with Crippen LogP contribution in [0.1, 0.15) is 446 Å². The number of unbranched alkanes of at least 4 members (excludes halogenated alkanes) is 51. The van der Waals surface area contributed by atoms with Gasteiger partial charge in [-0.2, -0.15) is 0 Å². The number of phosphoric ester groups is 2. The van der Waals surface area contributed by atoms with Crippen LogP contribution in [0.5, 0.6) is 0 Å². The van der Waals surface area contributed by atoms with Gasteiger partial charge in [-0.05, 0) is 37.5 Å². The van der Waals surface area contributed by atoms with E-state index in [0.29, 0.717) is 25.7 Å². The van der Waals surface area contributed by atoms with E-state index in [0.717, 1.165) is 108 Å². The molecule has 0 aliphatic carbocycles. The van der Waals surface area contributed by atoms with Crippen molar-refractivity contribution in [3.05, 3.63) is 0 Å². The van der Waals surface area contributed by atoms with Crippen molar-refractivity contribution in [1.29, 1.82) is 0 Å². The highest BCUT2D eigenvalue weighted by Crippen LogP contribution is 2.45. The molecule has 0 bridgehead atoms. The molecule has 0 radical (unpaired) electrons. The Kier molecular flexibility index (Phi) is 74.1. The summed E-state index contributed by atoms with van der Waals surface area (Å²) in [6.45, 7) is 9.68. The number of aliphatic hydroxyl groups is 1. The van der Waals surface area contributed by atoms with Crippen molar-refractivity contribution >= 4 is 39.5 Å². The number of carbonyl (C=O) groups is 4. The monoisotopic (exact) mass is 1510 g/mol. The standard InChI is InChI=1S/C84H164O17P2/c1-7-11-13-15-17-19-20-21-22-23-24-25-26-30-33-36-39-42-49-55-61-67-82(87)95-73-80(100-83(88)68-62-56-50-43-40-37-34-31-28-27-29-32-35-38-41-46-52-58-64-76(5)9-3)75-99-103(92,93)97-71-78(85)70-96-102(90,91)98-74-79(72-94-81(86)66-60-54-48-18-16-14-12-8-2)101-84(89)69-63-57-51-45-44-47-53-59-65-77(6)10-4/h76-80,85H,7-75H2,1-6H3,(H,90,91)(H,92,93)/t76?,77?,78-,79+,80+/m0/s1. The highest BCUT2D eigenvalue weighted by molar-refractivity contribution is 7.47. The third-order valence-electron chi connectivity index (χ3n) is 20.4. The molecule has 0 aromatic heterocycles. The third kappa shape index (κ3) is 75.3. The highest BCUT2D eigenvalue weighted by Gasteiger charge is 2.30. The first-order valence-electron chi connectivity index (χ1n) is 43.6. The van der Waals surface area contributed by atoms with E-state index in [4.69, 9.17) is 37.0 Å². The maximum atomic E-state index is 13.1. The molecule has 0 saturated carbocycles. The van der Waals surface area contributed by atoms with Crippen LogP contribution >= 0.6 is 15.6 Å².